The zero-order valence-electron chi connectivity index (χ0n) is 12.8. The number of nitrogens with zero attached hydrogens (tertiary/aromatic N) is 1. The molecule has 0 unspecified atom stereocenters. The van der Waals surface area contributed by atoms with E-state index in [0.717, 1.165) is 16.6 Å². The quantitative estimate of drug-likeness (QED) is 0.704. The number of carbonyl (C=O) groups excluding carboxylic acids is 2. The van der Waals surface area contributed by atoms with Gasteiger partial charge in [0, 0.05) is 21.7 Å². The molecule has 0 bridgehead atoms. The van der Waals surface area contributed by atoms with Crippen molar-refractivity contribution in [2.45, 2.75) is 6.92 Å². The van der Waals surface area contributed by atoms with Gasteiger partial charge in [-0.05, 0) is 37.3 Å². The van der Waals surface area contributed by atoms with Crippen LogP contribution >= 0.6 is 11.6 Å². The van der Waals surface area contributed by atoms with Crippen molar-refractivity contribution >= 4 is 34.3 Å². The molecular formula is C18H14ClN3O2. The van der Waals surface area contributed by atoms with Crippen molar-refractivity contribution in [3.8, 4) is 0 Å². The van der Waals surface area contributed by atoms with Crippen LogP contribution in [0.2, 0.25) is 5.02 Å². The van der Waals surface area contributed by atoms with Gasteiger partial charge in [0.25, 0.3) is 11.8 Å². The Morgan fingerprint density at radius 1 is 0.958 bits per heavy atom. The minimum Gasteiger partial charge on any atom is -0.267 e. The largest absolute Gasteiger partial charge is 0.270 e. The molecule has 24 heavy (non-hydrogen) atoms. The number of amides is 2. The van der Waals surface area contributed by atoms with Gasteiger partial charge in [-0.15, -0.1) is 0 Å². The summed E-state index contributed by atoms with van der Waals surface area (Å²) in [6.07, 6.45) is 0. The Labute approximate surface area is 143 Å². The first-order valence-corrected chi connectivity index (χ1v) is 7.65. The van der Waals surface area contributed by atoms with Gasteiger partial charge < -0.3 is 0 Å². The topological polar surface area (TPSA) is 71.1 Å². The van der Waals surface area contributed by atoms with Gasteiger partial charge in [0.05, 0.1) is 11.1 Å². The van der Waals surface area contributed by atoms with Crippen molar-refractivity contribution in [1.29, 1.82) is 0 Å². The predicted molar refractivity (Wildman–Crippen MR) is 92.9 cm³/mol. The molecule has 2 N–H and O–H groups in total. The summed E-state index contributed by atoms with van der Waals surface area (Å²) in [5, 5.41) is 1.17. The van der Waals surface area contributed by atoms with E-state index in [1.807, 2.05) is 31.2 Å². The first kappa shape index (κ1) is 16.0. The van der Waals surface area contributed by atoms with Crippen molar-refractivity contribution in [3.05, 3.63) is 76.4 Å². The van der Waals surface area contributed by atoms with Crippen LogP contribution in [0, 0.1) is 6.92 Å². The van der Waals surface area contributed by atoms with Crippen LogP contribution in [-0.4, -0.2) is 16.8 Å². The summed E-state index contributed by atoms with van der Waals surface area (Å²) >= 11 is 5.86. The van der Waals surface area contributed by atoms with Crippen LogP contribution in [0.4, 0.5) is 0 Å². The molecule has 0 saturated heterocycles. The SMILES string of the molecule is Cc1cc(C(=O)NNC(=O)c2cccc(Cl)c2)c2ccccc2n1. The van der Waals surface area contributed by atoms with Crippen LogP contribution in [0.3, 0.4) is 0 Å². The smallest absolute Gasteiger partial charge is 0.267 e. The molecule has 3 rings (SSSR count). The Kier molecular flexibility index (Phi) is 4.44. The molecule has 1 heterocycles. The third kappa shape index (κ3) is 3.36. The standard InChI is InChI=1S/C18H14ClN3O2/c1-11-9-15(14-7-2-3-8-16(14)20-11)18(24)22-21-17(23)12-5-4-6-13(19)10-12/h2-10H,1H3,(H,21,23)(H,22,24). The number of carbonyl (C=O) groups is 2. The summed E-state index contributed by atoms with van der Waals surface area (Å²) in [5.74, 6) is -0.854. The molecule has 3 aromatic rings. The van der Waals surface area contributed by atoms with E-state index in [-0.39, 0.29) is 0 Å². The van der Waals surface area contributed by atoms with E-state index in [9.17, 15) is 9.59 Å². The first-order chi connectivity index (χ1) is 11.5. The van der Waals surface area contributed by atoms with Gasteiger partial charge in [-0.3, -0.25) is 25.4 Å². The number of pyridine rings is 1. The molecule has 0 atom stereocenters. The van der Waals surface area contributed by atoms with Crippen LogP contribution in [0.15, 0.2) is 54.6 Å². The van der Waals surface area contributed by atoms with Gasteiger partial charge >= 0.3 is 0 Å². The Hall–Kier alpha value is -2.92. The molecule has 0 saturated carbocycles. The molecule has 2 aromatic carbocycles. The predicted octanol–water partition coefficient (Wildman–Crippen LogP) is 3.27. The van der Waals surface area contributed by atoms with E-state index in [0.29, 0.717) is 16.1 Å². The average Bonchev–Trinajstić information content (AvgIpc) is 2.58. The lowest BCUT2D eigenvalue weighted by Crippen LogP contribution is -2.41. The van der Waals surface area contributed by atoms with Crippen LogP contribution in [-0.2, 0) is 0 Å². The number of halogens is 1. The molecule has 5 nitrogen and oxygen atoms in total. The minimum absolute atomic E-state index is 0.360. The summed E-state index contributed by atoms with van der Waals surface area (Å²) in [6, 6.07) is 15.5. The maximum absolute atomic E-state index is 12.4. The summed E-state index contributed by atoms with van der Waals surface area (Å²) in [5.41, 5.74) is 7.07. The Balaban J connectivity index is 1.80. The van der Waals surface area contributed by atoms with Crippen molar-refractivity contribution < 1.29 is 9.59 Å². The third-order valence-corrected chi connectivity index (χ3v) is 3.70. The highest BCUT2D eigenvalue weighted by Crippen LogP contribution is 2.18. The Bertz CT molecular complexity index is 940. The zero-order chi connectivity index (χ0) is 17.1. The first-order valence-electron chi connectivity index (χ1n) is 7.27. The van der Waals surface area contributed by atoms with Crippen LogP contribution in [0.1, 0.15) is 26.4 Å². The Morgan fingerprint density at radius 2 is 1.71 bits per heavy atom. The zero-order valence-corrected chi connectivity index (χ0v) is 13.6. The second-order valence-corrected chi connectivity index (χ2v) is 5.68. The van der Waals surface area contributed by atoms with Crippen molar-refractivity contribution in [2.24, 2.45) is 0 Å². The van der Waals surface area contributed by atoms with Crippen molar-refractivity contribution in [3.63, 3.8) is 0 Å². The number of aromatic nitrogens is 1. The number of para-hydroxylation sites is 1. The van der Waals surface area contributed by atoms with E-state index < -0.39 is 11.8 Å². The maximum atomic E-state index is 12.4. The fourth-order valence-corrected chi connectivity index (χ4v) is 2.57. The van der Waals surface area contributed by atoms with E-state index in [2.05, 4.69) is 15.8 Å². The molecule has 6 heteroatoms. The van der Waals surface area contributed by atoms with Crippen LogP contribution < -0.4 is 10.9 Å². The molecule has 120 valence electrons. The number of hydrazine groups is 1. The normalized spacial score (nSPS) is 10.4. The van der Waals surface area contributed by atoms with Crippen LogP contribution in [0.5, 0.6) is 0 Å². The van der Waals surface area contributed by atoms with Crippen molar-refractivity contribution in [1.82, 2.24) is 15.8 Å². The molecule has 0 aliphatic carbocycles. The van der Waals surface area contributed by atoms with Gasteiger partial charge in [0.1, 0.15) is 0 Å². The van der Waals surface area contributed by atoms with E-state index in [4.69, 9.17) is 11.6 Å². The van der Waals surface area contributed by atoms with Gasteiger partial charge in [0.15, 0.2) is 0 Å². The number of hydrogen-bond donors (Lipinski definition) is 2. The summed E-state index contributed by atoms with van der Waals surface area (Å²) in [6.45, 7) is 1.81. The molecule has 1 aromatic heterocycles. The number of hydrogen-bond acceptors (Lipinski definition) is 3. The minimum atomic E-state index is -0.444. The fourth-order valence-electron chi connectivity index (χ4n) is 2.38. The highest BCUT2D eigenvalue weighted by molar-refractivity contribution is 6.31. The number of benzene rings is 2. The second kappa shape index (κ2) is 6.68. The molecule has 0 aliphatic rings. The Morgan fingerprint density at radius 3 is 2.50 bits per heavy atom. The summed E-state index contributed by atoms with van der Waals surface area (Å²) in [4.78, 5) is 28.9. The summed E-state index contributed by atoms with van der Waals surface area (Å²) < 4.78 is 0. The third-order valence-electron chi connectivity index (χ3n) is 3.47. The highest BCUT2D eigenvalue weighted by atomic mass is 35.5. The number of nitrogens with one attached hydrogen (secondary N) is 2. The molecular weight excluding hydrogens is 326 g/mol. The number of fused-ring (bicyclic) bond motifs is 1. The highest BCUT2D eigenvalue weighted by Gasteiger charge is 2.13. The lowest BCUT2D eigenvalue weighted by molar-refractivity contribution is 0.0847. The lowest BCUT2D eigenvalue weighted by Gasteiger charge is -2.10. The maximum Gasteiger partial charge on any atom is 0.270 e. The molecule has 0 fully saturated rings. The number of rotatable bonds is 2. The lowest BCUT2D eigenvalue weighted by atomic mass is 10.1. The molecule has 2 amide bonds. The van der Waals surface area contributed by atoms with Gasteiger partial charge in [0.2, 0.25) is 0 Å². The van der Waals surface area contributed by atoms with Crippen molar-refractivity contribution in [2.75, 3.05) is 0 Å². The van der Waals surface area contributed by atoms with Crippen LogP contribution in [0.25, 0.3) is 10.9 Å². The molecule has 0 spiro atoms. The summed E-state index contributed by atoms with van der Waals surface area (Å²) in [7, 11) is 0. The molecule has 0 radical (unpaired) electrons. The average molecular weight is 340 g/mol. The van der Waals surface area contributed by atoms with E-state index >= 15 is 0 Å². The van der Waals surface area contributed by atoms with Gasteiger partial charge in [-0.1, -0.05) is 35.9 Å². The fraction of sp³-hybridized carbons (Fsp3) is 0.0556. The second-order valence-electron chi connectivity index (χ2n) is 5.25. The van der Waals surface area contributed by atoms with Gasteiger partial charge in [-0.2, -0.15) is 0 Å². The monoisotopic (exact) mass is 339 g/mol. The van der Waals surface area contributed by atoms with E-state index in [1.54, 1.807) is 24.3 Å². The van der Waals surface area contributed by atoms with E-state index in [1.165, 1.54) is 6.07 Å². The number of aryl methyl sites for hydroxylation is 1. The van der Waals surface area contributed by atoms with Gasteiger partial charge in [-0.25, -0.2) is 0 Å². The molecule has 0 aliphatic heterocycles.